The minimum absolute atomic E-state index is 0.00799. The van der Waals surface area contributed by atoms with E-state index in [9.17, 15) is 22.8 Å². The van der Waals surface area contributed by atoms with Gasteiger partial charge < -0.3 is 10.6 Å². The maximum absolute atomic E-state index is 13.3. The highest BCUT2D eigenvalue weighted by molar-refractivity contribution is 6.05. The van der Waals surface area contributed by atoms with Crippen LogP contribution in [-0.2, 0) is 6.18 Å². The van der Waals surface area contributed by atoms with E-state index in [1.807, 2.05) is 0 Å². The zero-order valence-corrected chi connectivity index (χ0v) is 15.0. The topological polar surface area (TPSA) is 84.0 Å². The van der Waals surface area contributed by atoms with E-state index in [0.717, 1.165) is 30.4 Å². The van der Waals surface area contributed by atoms with Crippen LogP contribution in [0.5, 0.6) is 0 Å². The van der Waals surface area contributed by atoms with Crippen molar-refractivity contribution in [2.45, 2.75) is 25.1 Å². The number of halogens is 3. The maximum atomic E-state index is 13.3. The van der Waals surface area contributed by atoms with Gasteiger partial charge in [-0.25, -0.2) is 4.98 Å². The van der Waals surface area contributed by atoms with E-state index in [1.165, 1.54) is 18.3 Å². The number of benzene rings is 1. The van der Waals surface area contributed by atoms with Gasteiger partial charge in [0.25, 0.3) is 11.8 Å². The average Bonchev–Trinajstić information content (AvgIpc) is 3.50. The van der Waals surface area contributed by atoms with Crippen LogP contribution in [0.2, 0.25) is 0 Å². The first-order valence-corrected chi connectivity index (χ1v) is 8.85. The summed E-state index contributed by atoms with van der Waals surface area (Å²) in [7, 11) is 0. The molecule has 1 aliphatic rings. The van der Waals surface area contributed by atoms with Gasteiger partial charge in [-0.2, -0.15) is 13.2 Å². The first-order valence-electron chi connectivity index (χ1n) is 8.85. The molecule has 0 atom stereocenters. The molecule has 0 radical (unpaired) electrons. The van der Waals surface area contributed by atoms with Gasteiger partial charge in [-0.3, -0.25) is 14.6 Å². The molecule has 0 unspecified atom stereocenters. The third-order valence-corrected chi connectivity index (χ3v) is 4.42. The summed E-state index contributed by atoms with van der Waals surface area (Å²) in [5, 5.41) is 5.77. The Labute approximate surface area is 163 Å². The molecule has 2 amide bonds. The van der Waals surface area contributed by atoms with Gasteiger partial charge in [-0.1, -0.05) is 0 Å². The minimum Gasteiger partial charge on any atom is -0.349 e. The van der Waals surface area contributed by atoms with Crippen molar-refractivity contribution >= 4 is 28.4 Å². The number of fused-ring (bicyclic) bond motifs is 1. The number of rotatable bonds is 4. The van der Waals surface area contributed by atoms with Crippen LogP contribution in [-0.4, -0.2) is 27.8 Å². The van der Waals surface area contributed by atoms with Crippen LogP contribution < -0.4 is 10.6 Å². The fraction of sp³-hybridized carbons (Fsp3) is 0.200. The Morgan fingerprint density at radius 1 is 1.03 bits per heavy atom. The van der Waals surface area contributed by atoms with Gasteiger partial charge >= 0.3 is 6.18 Å². The third-order valence-electron chi connectivity index (χ3n) is 4.42. The van der Waals surface area contributed by atoms with Gasteiger partial charge in [0.2, 0.25) is 0 Å². The summed E-state index contributed by atoms with van der Waals surface area (Å²) in [5.41, 5.74) is -0.762. The van der Waals surface area contributed by atoms with Crippen molar-refractivity contribution in [3.8, 4) is 0 Å². The Hall–Kier alpha value is -3.49. The lowest BCUT2D eigenvalue weighted by Gasteiger charge is -2.13. The number of amides is 2. The molecule has 2 N–H and O–H groups in total. The van der Waals surface area contributed by atoms with E-state index in [1.54, 1.807) is 18.3 Å². The zero-order chi connectivity index (χ0) is 20.6. The number of carbonyl (C=O) groups is 2. The van der Waals surface area contributed by atoms with E-state index < -0.39 is 23.6 Å². The molecule has 0 saturated heterocycles. The van der Waals surface area contributed by atoms with Gasteiger partial charge in [0.1, 0.15) is 5.69 Å². The number of pyridine rings is 2. The molecule has 6 nitrogen and oxygen atoms in total. The second kappa shape index (κ2) is 7.16. The second-order valence-electron chi connectivity index (χ2n) is 6.76. The highest BCUT2D eigenvalue weighted by Gasteiger charge is 2.32. The summed E-state index contributed by atoms with van der Waals surface area (Å²) in [6, 6.07) is 7.49. The molecule has 9 heteroatoms. The average molecular weight is 400 g/mol. The van der Waals surface area contributed by atoms with E-state index in [0.29, 0.717) is 5.52 Å². The highest BCUT2D eigenvalue weighted by atomic mass is 19.4. The number of hydrogen-bond acceptors (Lipinski definition) is 4. The van der Waals surface area contributed by atoms with E-state index >= 15 is 0 Å². The summed E-state index contributed by atoms with van der Waals surface area (Å²) in [5.74, 6) is -1.29. The molecule has 0 bridgehead atoms. The quantitative estimate of drug-likeness (QED) is 0.698. The van der Waals surface area contributed by atoms with Gasteiger partial charge in [0, 0.05) is 35.1 Å². The van der Waals surface area contributed by atoms with Crippen molar-refractivity contribution in [2.24, 2.45) is 0 Å². The highest BCUT2D eigenvalue weighted by Crippen LogP contribution is 2.32. The predicted octanol–water partition coefficient (Wildman–Crippen LogP) is 3.79. The van der Waals surface area contributed by atoms with E-state index in [2.05, 4.69) is 20.6 Å². The summed E-state index contributed by atoms with van der Waals surface area (Å²) < 4.78 is 39.8. The van der Waals surface area contributed by atoms with E-state index in [-0.39, 0.29) is 23.0 Å². The lowest BCUT2D eigenvalue weighted by molar-refractivity contribution is -0.137. The molecule has 4 rings (SSSR count). The van der Waals surface area contributed by atoms with Gasteiger partial charge in [0.05, 0.1) is 11.1 Å². The zero-order valence-electron chi connectivity index (χ0n) is 15.0. The number of nitrogens with zero attached hydrogens (tertiary/aromatic N) is 2. The largest absolute Gasteiger partial charge is 0.416 e. The fourth-order valence-corrected chi connectivity index (χ4v) is 2.78. The van der Waals surface area contributed by atoms with Crippen molar-refractivity contribution in [2.75, 3.05) is 5.32 Å². The normalized spacial score (nSPS) is 13.9. The summed E-state index contributed by atoms with van der Waals surface area (Å²) in [6.45, 7) is 0. The van der Waals surface area contributed by atoms with Crippen molar-refractivity contribution < 1.29 is 22.8 Å². The van der Waals surface area contributed by atoms with E-state index in [4.69, 9.17) is 0 Å². The molecule has 3 aromatic rings. The summed E-state index contributed by atoms with van der Waals surface area (Å²) >= 11 is 0. The van der Waals surface area contributed by atoms with Crippen LogP contribution >= 0.6 is 0 Å². The van der Waals surface area contributed by atoms with Crippen molar-refractivity contribution in [3.63, 3.8) is 0 Å². The molecule has 29 heavy (non-hydrogen) atoms. The lowest BCUT2D eigenvalue weighted by Crippen LogP contribution is -2.26. The molecule has 2 aromatic heterocycles. The van der Waals surface area contributed by atoms with Crippen LogP contribution in [0.25, 0.3) is 10.9 Å². The SMILES string of the molecule is O=C(NC1CC1)c1cc(NC(=O)c2ccc3cnccc3n2)cc(C(F)(F)F)c1. The van der Waals surface area contributed by atoms with Gasteiger partial charge in [-0.05, 0) is 49.2 Å². The molecule has 1 fully saturated rings. The van der Waals surface area contributed by atoms with Crippen LogP contribution in [0.3, 0.4) is 0 Å². The Morgan fingerprint density at radius 2 is 1.83 bits per heavy atom. The molecule has 2 heterocycles. The molecular weight excluding hydrogens is 385 g/mol. The van der Waals surface area contributed by atoms with Gasteiger partial charge in [0.15, 0.2) is 0 Å². The number of anilines is 1. The number of alkyl halides is 3. The second-order valence-corrected chi connectivity index (χ2v) is 6.76. The molecule has 1 saturated carbocycles. The van der Waals surface area contributed by atoms with Crippen molar-refractivity contribution in [3.05, 3.63) is 65.6 Å². The Bertz CT molecular complexity index is 1110. The fourth-order valence-electron chi connectivity index (χ4n) is 2.78. The predicted molar refractivity (Wildman–Crippen MR) is 99.4 cm³/mol. The molecule has 148 valence electrons. The lowest BCUT2D eigenvalue weighted by atomic mass is 10.1. The Kier molecular flexibility index (Phi) is 4.65. The third kappa shape index (κ3) is 4.34. The number of carbonyl (C=O) groups excluding carboxylic acids is 2. The maximum Gasteiger partial charge on any atom is 0.416 e. The monoisotopic (exact) mass is 400 g/mol. The van der Waals surface area contributed by atoms with Crippen molar-refractivity contribution in [1.29, 1.82) is 0 Å². The molecule has 1 aromatic carbocycles. The number of nitrogens with one attached hydrogen (secondary N) is 2. The number of aromatic nitrogens is 2. The molecular formula is C20H15F3N4O2. The smallest absolute Gasteiger partial charge is 0.349 e. The Morgan fingerprint density at radius 3 is 2.55 bits per heavy atom. The minimum atomic E-state index is -4.66. The Balaban J connectivity index is 1.63. The molecule has 0 aliphatic heterocycles. The first-order chi connectivity index (χ1) is 13.8. The number of hydrogen-bond donors (Lipinski definition) is 2. The van der Waals surface area contributed by atoms with Crippen LogP contribution in [0.4, 0.5) is 18.9 Å². The van der Waals surface area contributed by atoms with Gasteiger partial charge in [-0.15, -0.1) is 0 Å². The standard InChI is InChI=1S/C20H15F3N4O2/c21-20(22,23)13-7-12(18(28)25-14-2-3-14)8-15(9-13)26-19(29)17-4-1-11-10-24-6-5-16(11)27-17/h1,4-10,14H,2-3H2,(H,25,28)(H,26,29). The molecule has 1 aliphatic carbocycles. The van der Waals surface area contributed by atoms with Crippen LogP contribution in [0, 0.1) is 0 Å². The van der Waals surface area contributed by atoms with Crippen LogP contribution in [0.15, 0.2) is 48.8 Å². The van der Waals surface area contributed by atoms with Crippen molar-refractivity contribution in [1.82, 2.24) is 15.3 Å². The van der Waals surface area contributed by atoms with Crippen LogP contribution in [0.1, 0.15) is 39.3 Å². The summed E-state index contributed by atoms with van der Waals surface area (Å²) in [6.07, 6.45) is 0.0502. The molecule has 0 spiro atoms. The first kappa shape index (κ1) is 18.9. The summed E-state index contributed by atoms with van der Waals surface area (Å²) in [4.78, 5) is 32.9.